The Morgan fingerprint density at radius 2 is 2.00 bits per heavy atom. The van der Waals surface area contributed by atoms with E-state index in [1.165, 1.54) is 12.1 Å². The van der Waals surface area contributed by atoms with Crippen LogP contribution in [0, 0.1) is 17.0 Å². The average Bonchev–Trinajstić information content (AvgIpc) is 3.17. The molecule has 0 saturated carbocycles. The van der Waals surface area contributed by atoms with Crippen molar-refractivity contribution in [1.29, 1.82) is 0 Å². The maximum absolute atomic E-state index is 12.1. The van der Waals surface area contributed by atoms with Gasteiger partial charge in [0.1, 0.15) is 11.4 Å². The Balaban J connectivity index is 1.61. The molecule has 0 unspecified atom stereocenters. The molecule has 28 heavy (non-hydrogen) atoms. The van der Waals surface area contributed by atoms with Crippen molar-refractivity contribution in [3.8, 4) is 17.2 Å². The molecule has 0 aliphatic heterocycles. The van der Waals surface area contributed by atoms with Crippen LogP contribution in [0.5, 0.6) is 5.75 Å². The van der Waals surface area contributed by atoms with Crippen LogP contribution in [-0.4, -0.2) is 33.9 Å². The summed E-state index contributed by atoms with van der Waals surface area (Å²) in [4.78, 5) is 22.7. The summed E-state index contributed by atoms with van der Waals surface area (Å²) in [5.74, 6) is 0.579. The smallest absolute Gasteiger partial charge is 0.293 e. The normalized spacial score (nSPS) is 10.5. The third-order valence-corrected chi connectivity index (χ3v) is 4.51. The van der Waals surface area contributed by atoms with Gasteiger partial charge in [-0.1, -0.05) is 17.8 Å². The first kappa shape index (κ1) is 19.4. The summed E-state index contributed by atoms with van der Waals surface area (Å²) in [6.07, 6.45) is 0. The molecule has 10 heteroatoms. The molecule has 0 fully saturated rings. The molecule has 2 aromatic carbocycles. The number of aryl methyl sites for hydroxylation is 1. The van der Waals surface area contributed by atoms with Crippen molar-refractivity contribution in [1.82, 2.24) is 10.2 Å². The third kappa shape index (κ3) is 4.65. The molecular formula is C18H16N4O5S. The van der Waals surface area contributed by atoms with E-state index in [0.29, 0.717) is 11.6 Å². The Kier molecular flexibility index (Phi) is 5.90. The number of hydrogen-bond donors (Lipinski definition) is 1. The minimum absolute atomic E-state index is 0.0325. The van der Waals surface area contributed by atoms with Gasteiger partial charge in [0.25, 0.3) is 10.9 Å². The zero-order valence-electron chi connectivity index (χ0n) is 15.0. The van der Waals surface area contributed by atoms with E-state index < -0.39 is 10.8 Å². The highest BCUT2D eigenvalue weighted by atomic mass is 32.2. The van der Waals surface area contributed by atoms with Crippen molar-refractivity contribution in [2.45, 2.75) is 12.1 Å². The van der Waals surface area contributed by atoms with Crippen molar-refractivity contribution in [2.75, 3.05) is 18.2 Å². The van der Waals surface area contributed by atoms with Crippen LogP contribution < -0.4 is 10.1 Å². The number of rotatable bonds is 7. The number of carbonyl (C=O) groups excluding carboxylic acids is 1. The van der Waals surface area contributed by atoms with E-state index in [-0.39, 0.29) is 22.4 Å². The standard InChI is InChI=1S/C18H16N4O5S/c1-11-3-8-14(15(9-11)22(24)25)19-16(23)10-28-18-21-20-17(27-18)12-4-6-13(26-2)7-5-12/h3-9H,10H2,1-2H3,(H,19,23). The SMILES string of the molecule is COc1ccc(-c2nnc(SCC(=O)Nc3ccc(C)cc3[N+](=O)[O-])o2)cc1. The molecule has 0 spiro atoms. The number of methoxy groups -OCH3 is 1. The summed E-state index contributed by atoms with van der Waals surface area (Å²) in [6.45, 7) is 1.74. The molecule has 3 rings (SSSR count). The lowest BCUT2D eigenvalue weighted by molar-refractivity contribution is -0.384. The molecule has 0 saturated heterocycles. The minimum Gasteiger partial charge on any atom is -0.497 e. The molecule has 0 atom stereocenters. The highest BCUT2D eigenvalue weighted by Gasteiger charge is 2.17. The van der Waals surface area contributed by atoms with Crippen molar-refractivity contribution in [3.63, 3.8) is 0 Å². The van der Waals surface area contributed by atoms with Gasteiger partial charge in [-0.3, -0.25) is 14.9 Å². The van der Waals surface area contributed by atoms with Gasteiger partial charge in [-0.2, -0.15) is 0 Å². The molecule has 0 aliphatic rings. The lowest BCUT2D eigenvalue weighted by atomic mass is 10.2. The van der Waals surface area contributed by atoms with Crippen LogP contribution in [0.1, 0.15) is 5.56 Å². The van der Waals surface area contributed by atoms with Crippen LogP contribution in [0.4, 0.5) is 11.4 Å². The number of thioether (sulfide) groups is 1. The van der Waals surface area contributed by atoms with Gasteiger partial charge in [0, 0.05) is 11.6 Å². The number of amides is 1. The van der Waals surface area contributed by atoms with Gasteiger partial charge in [0.15, 0.2) is 0 Å². The van der Waals surface area contributed by atoms with Crippen molar-refractivity contribution < 1.29 is 18.9 Å². The van der Waals surface area contributed by atoms with Gasteiger partial charge < -0.3 is 14.5 Å². The van der Waals surface area contributed by atoms with Crippen LogP contribution in [0.15, 0.2) is 52.1 Å². The Morgan fingerprint density at radius 3 is 2.68 bits per heavy atom. The fourth-order valence-corrected chi connectivity index (χ4v) is 2.89. The zero-order valence-corrected chi connectivity index (χ0v) is 15.9. The summed E-state index contributed by atoms with van der Waals surface area (Å²) < 4.78 is 10.6. The number of nitro benzene ring substituents is 1. The molecule has 0 radical (unpaired) electrons. The molecule has 1 N–H and O–H groups in total. The zero-order chi connectivity index (χ0) is 20.1. The van der Waals surface area contributed by atoms with Gasteiger partial charge in [0.2, 0.25) is 11.8 Å². The lowest BCUT2D eigenvalue weighted by Crippen LogP contribution is -2.15. The van der Waals surface area contributed by atoms with E-state index in [4.69, 9.17) is 9.15 Å². The topological polar surface area (TPSA) is 120 Å². The van der Waals surface area contributed by atoms with E-state index in [2.05, 4.69) is 15.5 Å². The number of aromatic nitrogens is 2. The molecule has 3 aromatic rings. The van der Waals surface area contributed by atoms with Crippen LogP contribution in [-0.2, 0) is 4.79 Å². The largest absolute Gasteiger partial charge is 0.497 e. The fraction of sp³-hybridized carbons (Fsp3) is 0.167. The minimum atomic E-state index is -0.533. The van der Waals surface area contributed by atoms with Crippen molar-refractivity contribution in [2.24, 2.45) is 0 Å². The number of ether oxygens (including phenoxy) is 1. The van der Waals surface area contributed by atoms with Crippen LogP contribution >= 0.6 is 11.8 Å². The number of anilines is 1. The average molecular weight is 400 g/mol. The summed E-state index contributed by atoms with van der Waals surface area (Å²) in [6, 6.07) is 11.7. The molecule has 9 nitrogen and oxygen atoms in total. The van der Waals surface area contributed by atoms with Gasteiger partial charge in [-0.25, -0.2) is 0 Å². The van der Waals surface area contributed by atoms with Crippen LogP contribution in [0.2, 0.25) is 0 Å². The molecule has 1 heterocycles. The summed E-state index contributed by atoms with van der Waals surface area (Å²) in [5, 5.41) is 21.7. The van der Waals surface area contributed by atoms with E-state index in [1.807, 2.05) is 0 Å². The second-order valence-corrected chi connectivity index (χ2v) is 6.64. The van der Waals surface area contributed by atoms with Crippen molar-refractivity contribution in [3.05, 3.63) is 58.1 Å². The number of nitrogens with one attached hydrogen (secondary N) is 1. The molecule has 1 amide bonds. The third-order valence-electron chi connectivity index (χ3n) is 3.69. The predicted molar refractivity (Wildman–Crippen MR) is 103 cm³/mol. The summed E-state index contributed by atoms with van der Waals surface area (Å²) >= 11 is 1.04. The number of nitrogens with zero attached hydrogens (tertiary/aromatic N) is 3. The van der Waals surface area contributed by atoms with E-state index in [9.17, 15) is 14.9 Å². The second kappa shape index (κ2) is 8.53. The molecule has 1 aromatic heterocycles. The monoisotopic (exact) mass is 400 g/mol. The quantitative estimate of drug-likeness (QED) is 0.362. The van der Waals surface area contributed by atoms with Crippen molar-refractivity contribution >= 4 is 29.0 Å². The molecule has 0 bridgehead atoms. The first-order chi connectivity index (χ1) is 13.5. The van der Waals surface area contributed by atoms with Gasteiger partial charge in [-0.05, 0) is 42.8 Å². The lowest BCUT2D eigenvalue weighted by Gasteiger charge is -2.05. The number of nitro groups is 1. The van der Waals surface area contributed by atoms with Gasteiger partial charge in [0.05, 0.1) is 17.8 Å². The molecule has 0 aliphatic carbocycles. The van der Waals surface area contributed by atoms with Crippen LogP contribution in [0.3, 0.4) is 0 Å². The Hall–Kier alpha value is -3.40. The second-order valence-electron chi connectivity index (χ2n) is 5.72. The Morgan fingerprint density at radius 1 is 1.25 bits per heavy atom. The van der Waals surface area contributed by atoms with E-state index in [0.717, 1.165) is 22.9 Å². The molecule has 144 valence electrons. The van der Waals surface area contributed by atoms with Gasteiger partial charge >= 0.3 is 0 Å². The summed E-state index contributed by atoms with van der Waals surface area (Å²) in [7, 11) is 1.58. The van der Waals surface area contributed by atoms with E-state index in [1.54, 1.807) is 44.4 Å². The van der Waals surface area contributed by atoms with Crippen LogP contribution in [0.25, 0.3) is 11.5 Å². The number of hydrogen-bond acceptors (Lipinski definition) is 8. The van der Waals surface area contributed by atoms with E-state index >= 15 is 0 Å². The highest BCUT2D eigenvalue weighted by Crippen LogP contribution is 2.27. The first-order valence-corrected chi connectivity index (χ1v) is 9.10. The summed E-state index contributed by atoms with van der Waals surface area (Å²) in [5.41, 5.74) is 1.44. The highest BCUT2D eigenvalue weighted by molar-refractivity contribution is 7.99. The maximum atomic E-state index is 12.1. The van der Waals surface area contributed by atoms with Gasteiger partial charge in [-0.15, -0.1) is 10.2 Å². The number of benzene rings is 2. The molecular weight excluding hydrogens is 384 g/mol. The maximum Gasteiger partial charge on any atom is 0.293 e. The first-order valence-electron chi connectivity index (χ1n) is 8.12. The Bertz CT molecular complexity index is 1000. The Labute approximate surface area is 164 Å². The number of carbonyl (C=O) groups is 1. The fourth-order valence-electron chi connectivity index (χ4n) is 2.33. The predicted octanol–water partition coefficient (Wildman–Crippen LogP) is 3.69.